The minimum atomic E-state index is -1.22. The zero-order chi connectivity index (χ0) is 24.8. The lowest BCUT2D eigenvalue weighted by Gasteiger charge is -2.14. The van der Waals surface area contributed by atoms with Crippen molar-refractivity contribution in [3.63, 3.8) is 0 Å². The number of carbonyl (C=O) groups is 2. The number of benzene rings is 2. The van der Waals surface area contributed by atoms with Gasteiger partial charge in [0.05, 0.1) is 46.6 Å². The normalized spacial score (nSPS) is 11.4. The standard InChI is InChI=1S/C23H25N3O8/c1-30-17-6-5-12(7-16(17)25-23(29)14(24)10-21(27)28)15-11-18(34-26-15)13-8-19(31-2)22(33-4)20(9-13)32-3/h5-9,11,14H,10,24H2,1-4H3,(H,25,29)(H,27,28). The van der Waals surface area contributed by atoms with Crippen LogP contribution in [0.25, 0.3) is 22.6 Å². The van der Waals surface area contributed by atoms with E-state index in [0.29, 0.717) is 51.3 Å². The Morgan fingerprint density at radius 2 is 1.62 bits per heavy atom. The Bertz CT molecular complexity index is 1170. The highest BCUT2D eigenvalue weighted by molar-refractivity contribution is 5.98. The van der Waals surface area contributed by atoms with Crippen molar-refractivity contribution in [2.24, 2.45) is 5.73 Å². The minimum absolute atomic E-state index is 0.308. The van der Waals surface area contributed by atoms with Gasteiger partial charge in [-0.25, -0.2) is 0 Å². The fourth-order valence-electron chi connectivity index (χ4n) is 3.24. The third-order valence-corrected chi connectivity index (χ3v) is 4.94. The van der Waals surface area contributed by atoms with Gasteiger partial charge in [0.2, 0.25) is 11.7 Å². The van der Waals surface area contributed by atoms with Gasteiger partial charge in [-0.2, -0.15) is 0 Å². The Morgan fingerprint density at radius 1 is 0.971 bits per heavy atom. The molecule has 3 rings (SSSR count). The molecule has 180 valence electrons. The van der Waals surface area contributed by atoms with Gasteiger partial charge in [-0.05, 0) is 30.3 Å². The average Bonchev–Trinajstić information content (AvgIpc) is 3.32. The molecule has 0 aliphatic carbocycles. The van der Waals surface area contributed by atoms with Crippen LogP contribution in [-0.2, 0) is 9.59 Å². The lowest BCUT2D eigenvalue weighted by atomic mass is 10.1. The molecule has 0 bridgehead atoms. The first-order chi connectivity index (χ1) is 16.3. The fraction of sp³-hybridized carbons (Fsp3) is 0.261. The van der Waals surface area contributed by atoms with Gasteiger partial charge >= 0.3 is 5.97 Å². The van der Waals surface area contributed by atoms with Gasteiger partial charge in [0, 0.05) is 17.2 Å². The molecule has 0 saturated carbocycles. The molecule has 0 spiro atoms. The van der Waals surface area contributed by atoms with Crippen molar-refractivity contribution in [2.45, 2.75) is 12.5 Å². The minimum Gasteiger partial charge on any atom is -0.495 e. The molecule has 0 saturated heterocycles. The summed E-state index contributed by atoms with van der Waals surface area (Å²) in [4.78, 5) is 23.1. The van der Waals surface area contributed by atoms with Gasteiger partial charge in [0.1, 0.15) is 11.4 Å². The van der Waals surface area contributed by atoms with Crippen molar-refractivity contribution >= 4 is 17.6 Å². The number of carboxylic acids is 1. The molecule has 1 amide bonds. The van der Waals surface area contributed by atoms with Crippen molar-refractivity contribution in [1.82, 2.24) is 5.16 Å². The number of carboxylic acid groups (broad SMARTS) is 1. The van der Waals surface area contributed by atoms with Crippen LogP contribution in [0, 0.1) is 0 Å². The number of carbonyl (C=O) groups excluding carboxylic acids is 1. The maximum atomic E-state index is 12.3. The second kappa shape index (κ2) is 10.6. The summed E-state index contributed by atoms with van der Waals surface area (Å²) in [5.41, 5.74) is 7.71. The molecule has 0 aliphatic rings. The van der Waals surface area contributed by atoms with E-state index in [2.05, 4.69) is 10.5 Å². The number of ether oxygens (including phenoxy) is 4. The molecular weight excluding hydrogens is 446 g/mol. The molecule has 1 unspecified atom stereocenters. The maximum Gasteiger partial charge on any atom is 0.305 e. The second-order valence-electron chi connectivity index (χ2n) is 7.10. The first-order valence-corrected chi connectivity index (χ1v) is 10.0. The van der Waals surface area contributed by atoms with Crippen molar-refractivity contribution in [3.05, 3.63) is 36.4 Å². The van der Waals surface area contributed by atoms with E-state index in [1.165, 1.54) is 28.4 Å². The van der Waals surface area contributed by atoms with Crippen LogP contribution in [0.2, 0.25) is 0 Å². The zero-order valence-corrected chi connectivity index (χ0v) is 19.1. The maximum absolute atomic E-state index is 12.3. The number of hydrogen-bond acceptors (Lipinski definition) is 9. The molecule has 4 N–H and O–H groups in total. The molecule has 11 nitrogen and oxygen atoms in total. The topological polar surface area (TPSA) is 155 Å². The van der Waals surface area contributed by atoms with Crippen molar-refractivity contribution < 1.29 is 38.2 Å². The van der Waals surface area contributed by atoms with Gasteiger partial charge in [-0.15, -0.1) is 0 Å². The number of anilines is 1. The summed E-state index contributed by atoms with van der Waals surface area (Å²) >= 11 is 0. The van der Waals surface area contributed by atoms with Crippen LogP contribution in [-0.4, -0.2) is 56.6 Å². The van der Waals surface area contributed by atoms with Crippen LogP contribution in [0.15, 0.2) is 40.9 Å². The van der Waals surface area contributed by atoms with Crippen molar-refractivity contribution in [3.8, 4) is 45.6 Å². The lowest BCUT2D eigenvalue weighted by molar-refractivity contribution is -0.138. The highest BCUT2D eigenvalue weighted by Crippen LogP contribution is 2.42. The fourth-order valence-corrected chi connectivity index (χ4v) is 3.24. The number of nitrogens with one attached hydrogen (secondary N) is 1. The second-order valence-corrected chi connectivity index (χ2v) is 7.10. The van der Waals surface area contributed by atoms with Crippen LogP contribution in [0.4, 0.5) is 5.69 Å². The van der Waals surface area contributed by atoms with Crippen molar-refractivity contribution in [2.75, 3.05) is 33.8 Å². The van der Waals surface area contributed by atoms with Crippen LogP contribution in [0.5, 0.6) is 23.0 Å². The smallest absolute Gasteiger partial charge is 0.305 e. The van der Waals surface area contributed by atoms with Crippen molar-refractivity contribution in [1.29, 1.82) is 0 Å². The van der Waals surface area contributed by atoms with E-state index in [1.807, 2.05) is 0 Å². The highest BCUT2D eigenvalue weighted by Gasteiger charge is 2.20. The molecule has 0 aliphatic heterocycles. The molecule has 1 heterocycles. The number of hydrogen-bond donors (Lipinski definition) is 3. The predicted octanol–water partition coefficient (Wildman–Crippen LogP) is 2.78. The van der Waals surface area contributed by atoms with Gasteiger partial charge in [-0.3, -0.25) is 9.59 Å². The first kappa shape index (κ1) is 24.4. The number of nitrogens with two attached hydrogens (primary N) is 1. The van der Waals surface area contributed by atoms with E-state index in [0.717, 1.165) is 0 Å². The Kier molecular flexibility index (Phi) is 7.59. The Morgan fingerprint density at radius 3 is 2.18 bits per heavy atom. The van der Waals surface area contributed by atoms with E-state index in [-0.39, 0.29) is 0 Å². The number of amides is 1. The predicted molar refractivity (Wildman–Crippen MR) is 122 cm³/mol. The number of methoxy groups -OCH3 is 4. The average molecular weight is 471 g/mol. The molecule has 0 radical (unpaired) electrons. The molecule has 0 fully saturated rings. The SMILES string of the molecule is COc1ccc(-c2cc(-c3cc(OC)c(OC)c(OC)c3)on2)cc1NC(=O)C(N)CC(=O)O. The summed E-state index contributed by atoms with van der Waals surface area (Å²) in [5, 5.41) is 15.6. The molecule has 1 aromatic heterocycles. The van der Waals surface area contributed by atoms with Gasteiger partial charge in [0.15, 0.2) is 17.3 Å². The third kappa shape index (κ3) is 5.21. The van der Waals surface area contributed by atoms with Gasteiger partial charge < -0.3 is 39.6 Å². The number of nitrogens with zero attached hydrogens (tertiary/aromatic N) is 1. The molecule has 2 aromatic carbocycles. The number of aromatic nitrogens is 1. The summed E-state index contributed by atoms with van der Waals surface area (Å²) < 4.78 is 26.9. The van der Waals surface area contributed by atoms with Gasteiger partial charge in [0.25, 0.3) is 0 Å². The van der Waals surface area contributed by atoms with Crippen LogP contribution >= 0.6 is 0 Å². The monoisotopic (exact) mass is 471 g/mol. The Balaban J connectivity index is 1.93. The quantitative estimate of drug-likeness (QED) is 0.402. The van der Waals surface area contributed by atoms with Crippen LogP contribution in [0.3, 0.4) is 0 Å². The summed E-state index contributed by atoms with van der Waals surface area (Å²) in [6, 6.07) is 8.96. The lowest BCUT2D eigenvalue weighted by Crippen LogP contribution is -2.37. The largest absolute Gasteiger partial charge is 0.495 e. The molecule has 11 heteroatoms. The zero-order valence-electron chi connectivity index (χ0n) is 19.1. The first-order valence-electron chi connectivity index (χ1n) is 10.0. The van der Waals surface area contributed by atoms with E-state index in [4.69, 9.17) is 34.3 Å². The summed E-state index contributed by atoms with van der Waals surface area (Å²) in [7, 11) is 5.99. The van der Waals surface area contributed by atoms with Crippen LogP contribution in [0.1, 0.15) is 6.42 Å². The number of aliphatic carboxylic acids is 1. The van der Waals surface area contributed by atoms with Crippen LogP contribution < -0.4 is 30.0 Å². The van der Waals surface area contributed by atoms with E-state index in [9.17, 15) is 9.59 Å². The Hall–Kier alpha value is -4.25. The molecular formula is C23H25N3O8. The molecule has 34 heavy (non-hydrogen) atoms. The molecule has 3 aromatic rings. The summed E-state index contributed by atoms with van der Waals surface area (Å²) in [6.07, 6.45) is -0.505. The number of rotatable bonds is 10. The highest BCUT2D eigenvalue weighted by atomic mass is 16.5. The van der Waals surface area contributed by atoms with E-state index < -0.39 is 24.3 Å². The van der Waals surface area contributed by atoms with Gasteiger partial charge in [-0.1, -0.05) is 5.16 Å². The molecule has 1 atom stereocenters. The summed E-state index contributed by atoms with van der Waals surface area (Å²) in [6.45, 7) is 0. The van der Waals surface area contributed by atoms with E-state index in [1.54, 1.807) is 36.4 Å². The Labute approximate surface area is 195 Å². The third-order valence-electron chi connectivity index (χ3n) is 4.94. The van der Waals surface area contributed by atoms with E-state index >= 15 is 0 Å². The summed E-state index contributed by atoms with van der Waals surface area (Å²) in [5.74, 6) is 0.350.